The van der Waals surface area contributed by atoms with Gasteiger partial charge in [-0.3, -0.25) is 4.79 Å². The van der Waals surface area contributed by atoms with E-state index in [0.717, 1.165) is 0 Å². The predicted molar refractivity (Wildman–Crippen MR) is 81.4 cm³/mol. The molecule has 6 heteroatoms. The SMILES string of the molecule is CC(O)CN(C(=O)c1ccc(-n2cccn2)c(F)c1)C(C)C. The molecule has 2 rings (SSSR count). The van der Waals surface area contributed by atoms with Crippen LogP contribution in [0, 0.1) is 5.82 Å². The Balaban J connectivity index is 2.28. The molecule has 118 valence electrons. The fourth-order valence-electron chi connectivity index (χ4n) is 2.22. The third kappa shape index (κ3) is 3.51. The third-order valence-electron chi connectivity index (χ3n) is 3.29. The highest BCUT2D eigenvalue weighted by atomic mass is 19.1. The van der Waals surface area contributed by atoms with Crippen LogP contribution < -0.4 is 0 Å². The average molecular weight is 305 g/mol. The minimum atomic E-state index is -0.639. The van der Waals surface area contributed by atoms with Gasteiger partial charge in [-0.15, -0.1) is 0 Å². The standard InChI is InChI=1S/C16H20FN3O2/c1-11(2)19(10-12(3)21)16(22)13-5-6-15(14(17)9-13)20-8-4-7-18-20/h4-9,11-12,21H,10H2,1-3H3. The summed E-state index contributed by atoms with van der Waals surface area (Å²) >= 11 is 0. The molecular weight excluding hydrogens is 285 g/mol. The lowest BCUT2D eigenvalue weighted by Crippen LogP contribution is -2.41. The zero-order valence-electron chi connectivity index (χ0n) is 12.9. The van der Waals surface area contributed by atoms with E-state index in [0.29, 0.717) is 0 Å². The fraction of sp³-hybridized carbons (Fsp3) is 0.375. The van der Waals surface area contributed by atoms with E-state index in [1.165, 1.54) is 21.7 Å². The second kappa shape index (κ2) is 6.70. The monoisotopic (exact) mass is 305 g/mol. The van der Waals surface area contributed by atoms with Gasteiger partial charge in [-0.2, -0.15) is 5.10 Å². The molecule has 0 radical (unpaired) electrons. The second-order valence-electron chi connectivity index (χ2n) is 5.52. The van der Waals surface area contributed by atoms with E-state index < -0.39 is 11.9 Å². The number of aromatic nitrogens is 2. The summed E-state index contributed by atoms with van der Waals surface area (Å²) in [7, 11) is 0. The molecule has 0 bridgehead atoms. The Hall–Kier alpha value is -2.21. The third-order valence-corrected chi connectivity index (χ3v) is 3.29. The number of halogens is 1. The molecule has 0 aliphatic heterocycles. The van der Waals surface area contributed by atoms with Gasteiger partial charge in [0.2, 0.25) is 0 Å². The topological polar surface area (TPSA) is 58.4 Å². The highest BCUT2D eigenvalue weighted by Gasteiger charge is 2.21. The minimum Gasteiger partial charge on any atom is -0.392 e. The fourth-order valence-corrected chi connectivity index (χ4v) is 2.22. The molecule has 0 aliphatic carbocycles. The van der Waals surface area contributed by atoms with Gasteiger partial charge in [-0.05, 0) is 45.0 Å². The summed E-state index contributed by atoms with van der Waals surface area (Å²) in [6, 6.07) is 5.91. The lowest BCUT2D eigenvalue weighted by atomic mass is 10.1. The zero-order valence-corrected chi connectivity index (χ0v) is 12.9. The van der Waals surface area contributed by atoms with Crippen molar-refractivity contribution in [2.45, 2.75) is 32.9 Å². The molecule has 2 aromatic rings. The first kappa shape index (κ1) is 16.2. The van der Waals surface area contributed by atoms with Gasteiger partial charge in [0, 0.05) is 30.5 Å². The molecule has 1 unspecified atom stereocenters. The van der Waals surface area contributed by atoms with Crippen LogP contribution in [0.15, 0.2) is 36.7 Å². The summed E-state index contributed by atoms with van der Waals surface area (Å²) < 4.78 is 15.6. The van der Waals surface area contributed by atoms with Crippen LogP contribution >= 0.6 is 0 Å². The summed E-state index contributed by atoms with van der Waals surface area (Å²) in [6.07, 6.45) is 2.55. The molecule has 0 aliphatic rings. The molecule has 1 aromatic heterocycles. The van der Waals surface area contributed by atoms with E-state index in [2.05, 4.69) is 5.10 Å². The van der Waals surface area contributed by atoms with Crippen LogP contribution in [0.1, 0.15) is 31.1 Å². The Morgan fingerprint density at radius 1 is 1.41 bits per heavy atom. The van der Waals surface area contributed by atoms with Gasteiger partial charge in [-0.1, -0.05) is 0 Å². The molecular formula is C16H20FN3O2. The van der Waals surface area contributed by atoms with E-state index in [9.17, 15) is 14.3 Å². The Labute approximate surface area is 129 Å². The lowest BCUT2D eigenvalue weighted by Gasteiger charge is -2.28. The van der Waals surface area contributed by atoms with Crippen LogP contribution in [0.25, 0.3) is 5.69 Å². The average Bonchev–Trinajstić information content (AvgIpc) is 2.97. The summed E-state index contributed by atoms with van der Waals surface area (Å²) in [5.74, 6) is -0.822. The Kier molecular flexibility index (Phi) is 4.92. The van der Waals surface area contributed by atoms with Gasteiger partial charge >= 0.3 is 0 Å². The van der Waals surface area contributed by atoms with Crippen LogP contribution in [-0.2, 0) is 0 Å². The minimum absolute atomic E-state index is 0.0871. The van der Waals surface area contributed by atoms with Gasteiger partial charge in [0.1, 0.15) is 11.5 Å². The maximum atomic E-state index is 14.2. The van der Waals surface area contributed by atoms with Crippen LogP contribution in [0.3, 0.4) is 0 Å². The van der Waals surface area contributed by atoms with E-state index in [1.807, 2.05) is 13.8 Å². The Bertz CT molecular complexity index is 639. The van der Waals surface area contributed by atoms with Crippen molar-refractivity contribution in [3.8, 4) is 5.69 Å². The molecule has 22 heavy (non-hydrogen) atoms. The first-order valence-corrected chi connectivity index (χ1v) is 7.18. The first-order chi connectivity index (χ1) is 10.4. The molecule has 1 aromatic carbocycles. The van der Waals surface area contributed by atoms with Crippen molar-refractivity contribution in [3.63, 3.8) is 0 Å². The molecule has 1 atom stereocenters. The van der Waals surface area contributed by atoms with E-state index in [4.69, 9.17) is 0 Å². The number of benzene rings is 1. The van der Waals surface area contributed by atoms with Crippen molar-refractivity contribution in [2.24, 2.45) is 0 Å². The van der Waals surface area contributed by atoms with E-state index in [-0.39, 0.29) is 29.7 Å². The number of nitrogens with zero attached hydrogens (tertiary/aromatic N) is 3. The van der Waals surface area contributed by atoms with Crippen LogP contribution in [0.5, 0.6) is 0 Å². The molecule has 0 saturated carbocycles. The second-order valence-corrected chi connectivity index (χ2v) is 5.52. The van der Waals surface area contributed by atoms with Gasteiger partial charge in [0.25, 0.3) is 5.91 Å². The van der Waals surface area contributed by atoms with Crippen molar-refractivity contribution >= 4 is 5.91 Å². The lowest BCUT2D eigenvalue weighted by molar-refractivity contribution is 0.0578. The normalized spacial score (nSPS) is 12.5. The highest BCUT2D eigenvalue weighted by molar-refractivity contribution is 5.94. The number of amides is 1. The van der Waals surface area contributed by atoms with Crippen molar-refractivity contribution in [1.82, 2.24) is 14.7 Å². The van der Waals surface area contributed by atoms with Crippen LogP contribution in [0.2, 0.25) is 0 Å². The molecule has 0 fully saturated rings. The van der Waals surface area contributed by atoms with Crippen molar-refractivity contribution < 1.29 is 14.3 Å². The summed E-state index contributed by atoms with van der Waals surface area (Å²) in [6.45, 7) is 5.53. The predicted octanol–water partition coefficient (Wildman–Crippen LogP) is 2.24. The number of aliphatic hydroxyl groups is 1. The Morgan fingerprint density at radius 3 is 2.64 bits per heavy atom. The molecule has 1 amide bonds. The van der Waals surface area contributed by atoms with Crippen LogP contribution in [-0.4, -0.2) is 44.4 Å². The first-order valence-electron chi connectivity index (χ1n) is 7.18. The maximum absolute atomic E-state index is 14.2. The quantitative estimate of drug-likeness (QED) is 0.921. The van der Waals surface area contributed by atoms with Crippen molar-refractivity contribution in [1.29, 1.82) is 0 Å². The zero-order chi connectivity index (χ0) is 16.3. The number of hydrogen-bond donors (Lipinski definition) is 1. The number of rotatable bonds is 5. The smallest absolute Gasteiger partial charge is 0.254 e. The van der Waals surface area contributed by atoms with Gasteiger partial charge in [0.05, 0.1) is 6.10 Å². The van der Waals surface area contributed by atoms with Crippen LogP contribution in [0.4, 0.5) is 4.39 Å². The molecule has 0 saturated heterocycles. The summed E-state index contributed by atoms with van der Waals surface area (Å²) in [5.41, 5.74) is 0.538. The highest BCUT2D eigenvalue weighted by Crippen LogP contribution is 2.17. The maximum Gasteiger partial charge on any atom is 0.254 e. The molecule has 1 N–H and O–H groups in total. The number of aliphatic hydroxyl groups excluding tert-OH is 1. The molecule has 1 heterocycles. The summed E-state index contributed by atoms with van der Waals surface area (Å²) in [5, 5.41) is 13.5. The molecule has 0 spiro atoms. The van der Waals surface area contributed by atoms with E-state index in [1.54, 1.807) is 31.5 Å². The Morgan fingerprint density at radius 2 is 2.14 bits per heavy atom. The largest absolute Gasteiger partial charge is 0.392 e. The van der Waals surface area contributed by atoms with Crippen molar-refractivity contribution in [3.05, 3.63) is 48.0 Å². The number of carbonyl (C=O) groups is 1. The number of hydrogen-bond acceptors (Lipinski definition) is 3. The summed E-state index contributed by atoms with van der Waals surface area (Å²) in [4.78, 5) is 14.0. The number of carbonyl (C=O) groups excluding carboxylic acids is 1. The van der Waals surface area contributed by atoms with Gasteiger partial charge < -0.3 is 10.0 Å². The van der Waals surface area contributed by atoms with Crippen molar-refractivity contribution in [2.75, 3.05) is 6.54 Å². The van der Waals surface area contributed by atoms with Gasteiger partial charge in [-0.25, -0.2) is 9.07 Å². The molecule has 5 nitrogen and oxygen atoms in total. The van der Waals surface area contributed by atoms with Gasteiger partial charge in [0.15, 0.2) is 0 Å². The van der Waals surface area contributed by atoms with E-state index >= 15 is 0 Å².